The van der Waals surface area contributed by atoms with E-state index in [1.54, 1.807) is 55.8 Å². The number of nitrogens with zero attached hydrogens (tertiary/aromatic N) is 3. The molecule has 0 saturated carbocycles. The number of nitrogens with two attached hydrogens (primary N) is 1. The number of carboxylic acids is 2. The van der Waals surface area contributed by atoms with Crippen molar-refractivity contribution < 1.29 is 91.3 Å². The highest BCUT2D eigenvalue weighted by Gasteiger charge is 2.39. The lowest BCUT2D eigenvalue weighted by atomic mass is 9.82. The largest absolute Gasteiger partial charge is 0.481 e. The highest BCUT2D eigenvalue weighted by molar-refractivity contribution is 6.01. The summed E-state index contributed by atoms with van der Waals surface area (Å²) in [6, 6.07) is 6.10. The fraction of sp³-hybridized carbons (Fsp3) is 0.482. The Labute approximate surface area is 481 Å². The van der Waals surface area contributed by atoms with E-state index in [0.29, 0.717) is 10.8 Å². The average molecular weight is 1180 g/mol. The van der Waals surface area contributed by atoms with E-state index in [-0.39, 0.29) is 49.8 Å². The van der Waals surface area contributed by atoms with Crippen LogP contribution in [-0.4, -0.2) is 151 Å². The van der Waals surface area contributed by atoms with E-state index in [9.17, 15) is 76.9 Å². The number of imide groups is 1. The molecule has 1 aromatic heterocycles. The number of amides is 9. The first-order valence-electron chi connectivity index (χ1n) is 26.9. The summed E-state index contributed by atoms with van der Waals surface area (Å²) >= 11 is 0. The summed E-state index contributed by atoms with van der Waals surface area (Å²) in [5.41, 5.74) is 5.79. The van der Waals surface area contributed by atoms with Gasteiger partial charge < -0.3 is 61.9 Å². The second kappa shape index (κ2) is 31.5. The van der Waals surface area contributed by atoms with Gasteiger partial charge in [-0.15, -0.1) is 5.06 Å². The number of aliphatic carboxylic acids is 2. The number of rotatable bonds is 33. The standard InChI is InChI=1S/C56H71F2N9O17/c1-31(24-42(69)32(2)61-44(71)12-9-13-50(78)84-67-46(73)17-18-47(67)74)52(79)64-40(27-43(59)70)54(81)63-38(53(80)60-22-20-45(72)62-39(55(82)83)16-19-49(76)77)21-23-66(48(75)30-68)51(56(3,4)5)41-25-34(36-26-35(57)14-15-37(36)58)29-65(41)28-33-10-7-6-8-11-33/h6-8,10-11,14-15,25-26,29,31-32,38-40,51,68H,9,12-13,16-24,27-28,30H2,1-5H3,(H2,59,70)(H,60,80)(H,61,71)(H,62,72)(H,63,81)(H,64,79)(H,76,77)(H,82,83)/t31-,32-,38-,39+,40-,51-/m0/s1. The smallest absolute Gasteiger partial charge is 0.333 e. The zero-order valence-electron chi connectivity index (χ0n) is 47.1. The molecule has 2 heterocycles. The predicted molar refractivity (Wildman–Crippen MR) is 290 cm³/mol. The summed E-state index contributed by atoms with van der Waals surface area (Å²) < 4.78 is 31.8. The maximum atomic E-state index is 15.4. The van der Waals surface area contributed by atoms with Crippen molar-refractivity contribution in [2.45, 2.75) is 142 Å². The first kappa shape index (κ1) is 67.6. The lowest BCUT2D eigenvalue weighted by Gasteiger charge is -2.41. The molecule has 6 atom stereocenters. The molecule has 10 N–H and O–H groups in total. The molecule has 0 aliphatic carbocycles. The molecule has 2 aromatic carbocycles. The Morgan fingerprint density at radius 2 is 1.39 bits per heavy atom. The van der Waals surface area contributed by atoms with Crippen LogP contribution in [0.3, 0.4) is 0 Å². The molecule has 9 amide bonds. The van der Waals surface area contributed by atoms with Crippen LogP contribution >= 0.6 is 0 Å². The molecule has 0 spiro atoms. The molecule has 1 fully saturated rings. The highest BCUT2D eigenvalue weighted by atomic mass is 19.1. The number of aromatic nitrogens is 1. The van der Waals surface area contributed by atoms with Gasteiger partial charge in [0.25, 0.3) is 11.8 Å². The number of hydrogen-bond acceptors (Lipinski definition) is 15. The lowest BCUT2D eigenvalue weighted by molar-refractivity contribution is -0.197. The number of hydroxylamine groups is 2. The van der Waals surface area contributed by atoms with Crippen LogP contribution in [0.2, 0.25) is 0 Å². The minimum atomic E-state index is -1.82. The molecule has 84 heavy (non-hydrogen) atoms. The average Bonchev–Trinajstić information content (AvgIpc) is 2.02. The van der Waals surface area contributed by atoms with Crippen molar-refractivity contribution in [1.29, 1.82) is 0 Å². The Kier molecular flexibility index (Phi) is 25.3. The van der Waals surface area contributed by atoms with E-state index >= 15 is 4.39 Å². The third-order valence-electron chi connectivity index (χ3n) is 13.3. The van der Waals surface area contributed by atoms with Crippen molar-refractivity contribution in [2.75, 3.05) is 19.7 Å². The molecule has 1 aliphatic rings. The Balaban J connectivity index is 1.59. The second-order valence-electron chi connectivity index (χ2n) is 21.2. The van der Waals surface area contributed by atoms with Gasteiger partial charge in [-0.25, -0.2) is 18.4 Å². The van der Waals surface area contributed by atoms with Gasteiger partial charge in [-0.1, -0.05) is 58.0 Å². The van der Waals surface area contributed by atoms with Crippen molar-refractivity contribution in [3.63, 3.8) is 0 Å². The fourth-order valence-corrected chi connectivity index (χ4v) is 9.01. The number of primary amides is 1. The van der Waals surface area contributed by atoms with Crippen molar-refractivity contribution in [2.24, 2.45) is 17.1 Å². The second-order valence-corrected chi connectivity index (χ2v) is 21.2. The van der Waals surface area contributed by atoms with Crippen molar-refractivity contribution in [1.82, 2.24) is 41.1 Å². The Morgan fingerprint density at radius 3 is 2.00 bits per heavy atom. The van der Waals surface area contributed by atoms with Crippen LogP contribution in [0.5, 0.6) is 0 Å². The molecule has 456 valence electrons. The third-order valence-corrected chi connectivity index (χ3v) is 13.3. The van der Waals surface area contributed by atoms with Crippen molar-refractivity contribution in [3.05, 3.63) is 83.7 Å². The maximum absolute atomic E-state index is 15.4. The van der Waals surface area contributed by atoms with Crippen LogP contribution in [0.1, 0.15) is 123 Å². The molecule has 0 unspecified atom stereocenters. The Hall–Kier alpha value is -8.95. The van der Waals surface area contributed by atoms with Crippen LogP contribution in [0.15, 0.2) is 60.8 Å². The zero-order chi connectivity index (χ0) is 62.6. The molecule has 0 radical (unpaired) electrons. The maximum Gasteiger partial charge on any atom is 0.333 e. The quantitative estimate of drug-likeness (QED) is 0.0390. The molecule has 26 nitrogen and oxygen atoms in total. The molecule has 1 saturated heterocycles. The zero-order valence-corrected chi connectivity index (χ0v) is 47.1. The molecule has 1 aliphatic heterocycles. The highest BCUT2D eigenvalue weighted by Crippen LogP contribution is 2.41. The number of carbonyl (C=O) groups is 13. The number of halogens is 2. The minimum Gasteiger partial charge on any atom is -0.481 e. The number of hydrogen-bond donors (Lipinski definition) is 9. The summed E-state index contributed by atoms with van der Waals surface area (Å²) in [6.07, 6.45) is -2.87. The van der Waals surface area contributed by atoms with Gasteiger partial charge in [-0.2, -0.15) is 0 Å². The van der Waals surface area contributed by atoms with Gasteiger partial charge in [0.1, 0.15) is 36.4 Å². The number of ketones is 1. The van der Waals surface area contributed by atoms with E-state index in [1.807, 2.05) is 12.1 Å². The molecular weight excluding hydrogens is 1110 g/mol. The van der Waals surface area contributed by atoms with Gasteiger partial charge in [0.2, 0.25) is 41.4 Å². The number of benzene rings is 2. The van der Waals surface area contributed by atoms with E-state index in [4.69, 9.17) is 15.7 Å². The first-order chi connectivity index (χ1) is 39.5. The van der Waals surface area contributed by atoms with Crippen LogP contribution in [0.4, 0.5) is 8.78 Å². The lowest BCUT2D eigenvalue weighted by Crippen LogP contribution is -2.56. The SMILES string of the molecule is C[C@H](NC(=O)CCCC(=O)ON1C(=O)CCC1=O)C(=O)C[C@H](C)C(=O)N[C@@H](CC(N)=O)C(=O)N[C@@H](CCN(C(=O)CO)[C@@H](c1cc(-c2cc(F)ccc2F)cn1Cc1ccccc1)C(C)(C)C)C(=O)NCCC(=O)N[C@H](CCC(=O)O)C(=O)O. The monoisotopic (exact) mass is 1180 g/mol. The Bertz CT molecular complexity index is 2930. The van der Waals surface area contributed by atoms with E-state index in [1.165, 1.54) is 18.7 Å². The van der Waals surface area contributed by atoms with Crippen LogP contribution in [0.25, 0.3) is 11.1 Å². The van der Waals surface area contributed by atoms with Crippen LogP contribution < -0.4 is 32.3 Å². The predicted octanol–water partition coefficient (Wildman–Crippen LogP) is 1.44. The van der Waals surface area contributed by atoms with Gasteiger partial charge in [0.05, 0.1) is 18.5 Å². The van der Waals surface area contributed by atoms with Gasteiger partial charge in [-0.3, -0.25) is 52.7 Å². The molecule has 4 rings (SSSR count). The van der Waals surface area contributed by atoms with Crippen molar-refractivity contribution >= 4 is 76.9 Å². The topological polar surface area (TPSA) is 389 Å². The number of aliphatic hydroxyl groups is 1. The minimum absolute atomic E-state index is 0.0835. The van der Waals surface area contributed by atoms with E-state index in [2.05, 4.69) is 26.6 Å². The molecule has 0 bridgehead atoms. The third kappa shape index (κ3) is 20.8. The summed E-state index contributed by atoms with van der Waals surface area (Å²) in [5, 5.41) is 41.2. The van der Waals surface area contributed by atoms with Gasteiger partial charge in [0, 0.05) is 93.5 Å². The normalized spacial score (nSPS) is 14.4. The molecule has 3 aromatic rings. The number of aliphatic hydroxyl groups excluding tert-OH is 1. The molecule has 28 heteroatoms. The summed E-state index contributed by atoms with van der Waals surface area (Å²) in [6.45, 7) is 5.99. The van der Waals surface area contributed by atoms with Crippen LogP contribution in [0, 0.1) is 23.0 Å². The summed E-state index contributed by atoms with van der Waals surface area (Å²) in [7, 11) is 0. The number of nitrogens with one attached hydrogen (secondary N) is 5. The van der Waals surface area contributed by atoms with Crippen molar-refractivity contribution in [3.8, 4) is 11.1 Å². The van der Waals surface area contributed by atoms with Gasteiger partial charge in [-0.05, 0) is 61.4 Å². The fourth-order valence-electron chi connectivity index (χ4n) is 9.01. The number of Topliss-reactive ketones (excluding diaryl/α,β-unsaturated/α-hetero) is 1. The van der Waals surface area contributed by atoms with Crippen LogP contribution in [-0.2, 0) is 73.7 Å². The number of carboxylic acid groups (broad SMARTS) is 2. The van der Waals surface area contributed by atoms with E-state index < -0.39 is 188 Å². The summed E-state index contributed by atoms with van der Waals surface area (Å²) in [5.74, 6) is -15.3. The first-order valence-corrected chi connectivity index (χ1v) is 26.9. The number of carbonyl (C=O) groups excluding carboxylic acids is 11. The molecular formula is C56H71F2N9O17. The van der Waals surface area contributed by atoms with Gasteiger partial charge >= 0.3 is 17.9 Å². The Morgan fingerprint density at radius 1 is 0.750 bits per heavy atom. The van der Waals surface area contributed by atoms with E-state index in [0.717, 1.165) is 23.8 Å². The summed E-state index contributed by atoms with van der Waals surface area (Å²) in [4.78, 5) is 172. The van der Waals surface area contributed by atoms with Gasteiger partial charge in [0.15, 0.2) is 5.78 Å².